The zero-order valence-electron chi connectivity index (χ0n) is 21.3. The normalized spacial score (nSPS) is 11.0. The molecule has 35 heavy (non-hydrogen) atoms. The Balaban J connectivity index is 1.87. The van der Waals surface area contributed by atoms with Crippen LogP contribution in [-0.4, -0.2) is 6.61 Å². The van der Waals surface area contributed by atoms with E-state index in [9.17, 15) is 13.2 Å². The Morgan fingerprint density at radius 1 is 0.743 bits per heavy atom. The summed E-state index contributed by atoms with van der Waals surface area (Å²) < 4.78 is 48.7. The fraction of sp³-hybridized carbons (Fsp3) is 0.484. The second-order valence-corrected chi connectivity index (χ2v) is 8.95. The SMILES string of the molecule is CCCCC/C=C/c1ccc(C#Cc2ccc(OCCCCCCCCCC)c(F)c2F)cc1F. The minimum Gasteiger partial charge on any atom is -0.490 e. The van der Waals surface area contributed by atoms with E-state index in [1.54, 1.807) is 18.2 Å². The molecule has 0 atom stereocenters. The van der Waals surface area contributed by atoms with E-state index in [4.69, 9.17) is 4.74 Å². The molecule has 0 unspecified atom stereocenters. The third-order valence-electron chi connectivity index (χ3n) is 5.92. The summed E-state index contributed by atoms with van der Waals surface area (Å²) in [6.45, 7) is 4.70. The lowest BCUT2D eigenvalue weighted by atomic mass is 10.1. The number of halogens is 3. The molecular formula is C31H39F3O. The number of unbranched alkanes of at least 4 members (excludes halogenated alkanes) is 10. The number of hydrogen-bond donors (Lipinski definition) is 0. The largest absolute Gasteiger partial charge is 0.490 e. The Morgan fingerprint density at radius 2 is 1.43 bits per heavy atom. The van der Waals surface area contributed by atoms with E-state index in [0.717, 1.165) is 44.9 Å². The zero-order valence-corrected chi connectivity index (χ0v) is 21.3. The van der Waals surface area contributed by atoms with Gasteiger partial charge in [0.25, 0.3) is 0 Å². The van der Waals surface area contributed by atoms with Gasteiger partial charge in [-0.25, -0.2) is 8.78 Å². The molecule has 0 saturated carbocycles. The second kappa shape index (κ2) is 16.9. The van der Waals surface area contributed by atoms with Crippen molar-refractivity contribution in [1.82, 2.24) is 0 Å². The average Bonchev–Trinajstić information content (AvgIpc) is 2.86. The first kappa shape index (κ1) is 28.6. The van der Waals surface area contributed by atoms with Gasteiger partial charge in [0.05, 0.1) is 12.2 Å². The van der Waals surface area contributed by atoms with Crippen LogP contribution >= 0.6 is 0 Å². The van der Waals surface area contributed by atoms with Gasteiger partial charge in [0.2, 0.25) is 5.82 Å². The maximum atomic E-state index is 14.5. The van der Waals surface area contributed by atoms with Crippen molar-refractivity contribution in [1.29, 1.82) is 0 Å². The Kier molecular flexibility index (Phi) is 13.8. The van der Waals surface area contributed by atoms with Gasteiger partial charge in [0.1, 0.15) is 5.82 Å². The molecule has 0 saturated heterocycles. The van der Waals surface area contributed by atoms with Gasteiger partial charge in [-0.3, -0.25) is 0 Å². The quantitative estimate of drug-likeness (QED) is 0.181. The van der Waals surface area contributed by atoms with Crippen molar-refractivity contribution < 1.29 is 17.9 Å². The molecule has 190 valence electrons. The fourth-order valence-corrected chi connectivity index (χ4v) is 3.76. The number of allylic oxidation sites excluding steroid dienone is 1. The van der Waals surface area contributed by atoms with Crippen molar-refractivity contribution in [3.05, 3.63) is 70.5 Å². The summed E-state index contributed by atoms with van der Waals surface area (Å²) in [6.07, 6.45) is 17.3. The van der Waals surface area contributed by atoms with Crippen LogP contribution in [0.4, 0.5) is 13.2 Å². The summed E-state index contributed by atoms with van der Waals surface area (Å²) >= 11 is 0. The Hall–Kier alpha value is -2.67. The van der Waals surface area contributed by atoms with Gasteiger partial charge in [0.15, 0.2) is 11.6 Å². The van der Waals surface area contributed by atoms with Crippen LogP contribution in [0.5, 0.6) is 5.75 Å². The fourth-order valence-electron chi connectivity index (χ4n) is 3.76. The van der Waals surface area contributed by atoms with Crippen molar-refractivity contribution in [2.45, 2.75) is 90.9 Å². The van der Waals surface area contributed by atoms with Crippen LogP contribution in [0.3, 0.4) is 0 Å². The lowest BCUT2D eigenvalue weighted by Crippen LogP contribution is -2.02. The molecule has 0 fully saturated rings. The van der Waals surface area contributed by atoms with Gasteiger partial charge in [-0.15, -0.1) is 0 Å². The van der Waals surface area contributed by atoms with E-state index in [1.165, 1.54) is 50.3 Å². The van der Waals surface area contributed by atoms with Crippen molar-refractivity contribution in [3.63, 3.8) is 0 Å². The van der Waals surface area contributed by atoms with Gasteiger partial charge < -0.3 is 4.74 Å². The van der Waals surface area contributed by atoms with Crippen LogP contribution in [0.2, 0.25) is 0 Å². The van der Waals surface area contributed by atoms with E-state index < -0.39 is 11.6 Å². The molecule has 0 aromatic heterocycles. The predicted octanol–water partition coefficient (Wildman–Crippen LogP) is 9.62. The molecule has 2 rings (SSSR count). The molecule has 4 heteroatoms. The molecule has 0 bridgehead atoms. The van der Waals surface area contributed by atoms with Crippen LogP contribution in [0.15, 0.2) is 36.4 Å². The molecule has 0 aliphatic carbocycles. The summed E-state index contributed by atoms with van der Waals surface area (Å²) in [6, 6.07) is 7.44. The van der Waals surface area contributed by atoms with Gasteiger partial charge >= 0.3 is 0 Å². The van der Waals surface area contributed by atoms with Crippen molar-refractivity contribution >= 4 is 6.08 Å². The Bertz CT molecular complexity index is 985. The van der Waals surface area contributed by atoms with Crippen molar-refractivity contribution in [2.75, 3.05) is 6.61 Å². The monoisotopic (exact) mass is 484 g/mol. The molecule has 0 aliphatic rings. The lowest BCUT2D eigenvalue weighted by molar-refractivity contribution is 0.284. The number of hydrogen-bond acceptors (Lipinski definition) is 1. The summed E-state index contributed by atoms with van der Waals surface area (Å²) in [5.41, 5.74) is 0.810. The summed E-state index contributed by atoms with van der Waals surface area (Å²) in [7, 11) is 0. The van der Waals surface area contributed by atoms with E-state index in [2.05, 4.69) is 25.7 Å². The number of rotatable bonds is 15. The van der Waals surface area contributed by atoms with E-state index >= 15 is 0 Å². The first-order valence-electron chi connectivity index (χ1n) is 13.2. The van der Waals surface area contributed by atoms with E-state index in [1.807, 2.05) is 6.08 Å². The maximum absolute atomic E-state index is 14.5. The maximum Gasteiger partial charge on any atom is 0.201 e. The highest BCUT2D eigenvalue weighted by atomic mass is 19.2. The molecular weight excluding hydrogens is 445 g/mol. The van der Waals surface area contributed by atoms with E-state index in [0.29, 0.717) is 17.7 Å². The molecule has 0 radical (unpaired) electrons. The second-order valence-electron chi connectivity index (χ2n) is 8.95. The third kappa shape index (κ3) is 10.6. The van der Waals surface area contributed by atoms with Gasteiger partial charge in [-0.05, 0) is 43.5 Å². The van der Waals surface area contributed by atoms with Crippen LogP contribution in [0, 0.1) is 29.3 Å². The first-order chi connectivity index (χ1) is 17.1. The standard InChI is InChI=1S/C31H39F3O/c1-3-5-7-9-10-11-13-15-23-35-29-22-21-27(30(33)31(29)34)20-18-25-17-19-26(28(32)24-25)16-14-12-8-6-4-2/h14,16-17,19,21-22,24H,3-13,15,23H2,1-2H3/b16-14+. The molecule has 0 amide bonds. The highest BCUT2D eigenvalue weighted by Gasteiger charge is 2.13. The highest BCUT2D eigenvalue weighted by Crippen LogP contribution is 2.23. The van der Waals surface area contributed by atoms with Gasteiger partial charge in [0, 0.05) is 11.1 Å². The molecule has 1 nitrogen and oxygen atoms in total. The molecule has 0 N–H and O–H groups in total. The highest BCUT2D eigenvalue weighted by molar-refractivity contribution is 5.53. The molecule has 0 spiro atoms. The van der Waals surface area contributed by atoms with Gasteiger partial charge in [-0.2, -0.15) is 4.39 Å². The van der Waals surface area contributed by atoms with Crippen LogP contribution in [0.25, 0.3) is 6.08 Å². The summed E-state index contributed by atoms with van der Waals surface area (Å²) in [4.78, 5) is 0. The van der Waals surface area contributed by atoms with Crippen molar-refractivity contribution in [2.24, 2.45) is 0 Å². The molecule has 0 aliphatic heterocycles. The number of ether oxygens (including phenoxy) is 1. The third-order valence-corrected chi connectivity index (χ3v) is 5.92. The first-order valence-corrected chi connectivity index (χ1v) is 13.2. The zero-order chi connectivity index (χ0) is 25.3. The topological polar surface area (TPSA) is 9.23 Å². The lowest BCUT2D eigenvalue weighted by Gasteiger charge is -2.08. The van der Waals surface area contributed by atoms with Crippen molar-refractivity contribution in [3.8, 4) is 17.6 Å². The molecule has 0 heterocycles. The van der Waals surface area contributed by atoms with Gasteiger partial charge in [-0.1, -0.05) is 102 Å². The Morgan fingerprint density at radius 3 is 2.14 bits per heavy atom. The molecule has 2 aromatic carbocycles. The van der Waals surface area contributed by atoms with E-state index in [-0.39, 0.29) is 17.1 Å². The molecule has 2 aromatic rings. The van der Waals surface area contributed by atoms with Crippen LogP contribution < -0.4 is 4.74 Å². The minimum absolute atomic E-state index is 0.0813. The summed E-state index contributed by atoms with van der Waals surface area (Å²) in [5, 5.41) is 0. The average molecular weight is 485 g/mol. The van der Waals surface area contributed by atoms with Crippen LogP contribution in [0.1, 0.15) is 108 Å². The summed E-state index contributed by atoms with van der Waals surface area (Å²) in [5.74, 6) is 2.76. The minimum atomic E-state index is -1.04. The Labute approximate surface area is 209 Å². The predicted molar refractivity (Wildman–Crippen MR) is 140 cm³/mol. The van der Waals surface area contributed by atoms with Crippen LogP contribution in [-0.2, 0) is 0 Å². The number of benzene rings is 2. The smallest absolute Gasteiger partial charge is 0.201 e.